The van der Waals surface area contributed by atoms with Crippen molar-refractivity contribution in [3.05, 3.63) is 35.5 Å². The molecule has 1 aromatic carbocycles. The maximum absolute atomic E-state index is 11.6. The smallest absolute Gasteiger partial charge is 0.224 e. The monoisotopic (exact) mass is 230 g/mol. The van der Waals surface area contributed by atoms with Gasteiger partial charge < -0.3 is 10.3 Å². The number of aryl methyl sites for hydroxylation is 1. The number of aromatic nitrogens is 1. The van der Waals surface area contributed by atoms with E-state index in [1.807, 2.05) is 32.9 Å². The standard InChI is InChI=1S/C14H18N2O/c1-9(2)15-14(17)8-11-4-5-13-12(7-11)6-10(3)16-13/h4-7,9,16H,8H2,1-3H3,(H,15,17). The molecule has 2 rings (SSSR count). The Morgan fingerprint density at radius 3 is 2.82 bits per heavy atom. The molecule has 2 aromatic rings. The Morgan fingerprint density at radius 2 is 2.12 bits per heavy atom. The van der Waals surface area contributed by atoms with Crippen molar-refractivity contribution in [2.24, 2.45) is 0 Å². The Kier molecular flexibility index (Phi) is 3.18. The van der Waals surface area contributed by atoms with Gasteiger partial charge in [-0.3, -0.25) is 4.79 Å². The van der Waals surface area contributed by atoms with Crippen LogP contribution in [0.4, 0.5) is 0 Å². The number of fused-ring (bicyclic) bond motifs is 1. The molecule has 90 valence electrons. The lowest BCUT2D eigenvalue weighted by molar-refractivity contribution is -0.120. The second-order valence-corrected chi connectivity index (χ2v) is 4.77. The Hall–Kier alpha value is -1.77. The molecular formula is C14H18N2O. The molecule has 0 spiro atoms. The number of rotatable bonds is 3. The fraction of sp³-hybridized carbons (Fsp3) is 0.357. The van der Waals surface area contributed by atoms with Gasteiger partial charge in [-0.2, -0.15) is 0 Å². The van der Waals surface area contributed by atoms with E-state index in [2.05, 4.69) is 22.4 Å². The van der Waals surface area contributed by atoms with Crippen molar-refractivity contribution in [1.82, 2.24) is 10.3 Å². The van der Waals surface area contributed by atoms with Crippen molar-refractivity contribution in [3.8, 4) is 0 Å². The molecule has 1 heterocycles. The van der Waals surface area contributed by atoms with E-state index in [-0.39, 0.29) is 11.9 Å². The third-order valence-corrected chi connectivity index (χ3v) is 2.63. The number of hydrogen-bond donors (Lipinski definition) is 2. The van der Waals surface area contributed by atoms with Crippen LogP contribution < -0.4 is 5.32 Å². The van der Waals surface area contributed by atoms with Gasteiger partial charge in [0.05, 0.1) is 6.42 Å². The first-order chi connectivity index (χ1) is 8.04. The summed E-state index contributed by atoms with van der Waals surface area (Å²) < 4.78 is 0. The minimum Gasteiger partial charge on any atom is -0.359 e. The molecule has 0 aliphatic rings. The largest absolute Gasteiger partial charge is 0.359 e. The molecular weight excluding hydrogens is 212 g/mol. The topological polar surface area (TPSA) is 44.9 Å². The maximum atomic E-state index is 11.6. The van der Waals surface area contributed by atoms with Crippen LogP contribution in [0, 0.1) is 6.92 Å². The molecule has 0 bridgehead atoms. The van der Waals surface area contributed by atoms with Crippen molar-refractivity contribution >= 4 is 16.8 Å². The van der Waals surface area contributed by atoms with E-state index >= 15 is 0 Å². The van der Waals surface area contributed by atoms with Gasteiger partial charge >= 0.3 is 0 Å². The highest BCUT2D eigenvalue weighted by atomic mass is 16.1. The van der Waals surface area contributed by atoms with Gasteiger partial charge in [0, 0.05) is 17.3 Å². The molecule has 0 fully saturated rings. The SMILES string of the molecule is Cc1cc2cc(CC(=O)NC(C)C)ccc2[nH]1. The lowest BCUT2D eigenvalue weighted by Gasteiger charge is -2.08. The van der Waals surface area contributed by atoms with Gasteiger partial charge in [0.15, 0.2) is 0 Å². The molecule has 0 saturated carbocycles. The van der Waals surface area contributed by atoms with Gasteiger partial charge in [-0.25, -0.2) is 0 Å². The van der Waals surface area contributed by atoms with Crippen molar-refractivity contribution in [2.45, 2.75) is 33.2 Å². The highest BCUT2D eigenvalue weighted by molar-refractivity contribution is 5.84. The lowest BCUT2D eigenvalue weighted by Crippen LogP contribution is -2.31. The summed E-state index contributed by atoms with van der Waals surface area (Å²) in [6.45, 7) is 5.97. The molecule has 0 aliphatic carbocycles. The normalized spacial score (nSPS) is 11.1. The van der Waals surface area contributed by atoms with Crippen molar-refractivity contribution in [3.63, 3.8) is 0 Å². The number of H-pyrrole nitrogens is 1. The van der Waals surface area contributed by atoms with Gasteiger partial charge in [-0.1, -0.05) is 6.07 Å². The van der Waals surface area contributed by atoms with Gasteiger partial charge in [0.1, 0.15) is 0 Å². The number of carbonyl (C=O) groups is 1. The van der Waals surface area contributed by atoms with Crippen molar-refractivity contribution in [2.75, 3.05) is 0 Å². The average molecular weight is 230 g/mol. The summed E-state index contributed by atoms with van der Waals surface area (Å²) >= 11 is 0. The number of aromatic amines is 1. The van der Waals surface area contributed by atoms with Gasteiger partial charge in [-0.05, 0) is 49.9 Å². The lowest BCUT2D eigenvalue weighted by atomic mass is 10.1. The number of hydrogen-bond acceptors (Lipinski definition) is 1. The van der Waals surface area contributed by atoms with E-state index in [1.165, 1.54) is 0 Å². The summed E-state index contributed by atoms with van der Waals surface area (Å²) in [6, 6.07) is 8.39. The van der Waals surface area contributed by atoms with Crippen LogP contribution in [-0.4, -0.2) is 16.9 Å². The van der Waals surface area contributed by atoms with Crippen LogP contribution in [0.25, 0.3) is 10.9 Å². The second-order valence-electron chi connectivity index (χ2n) is 4.77. The minimum atomic E-state index is 0.0756. The van der Waals surface area contributed by atoms with Crippen LogP contribution in [0.3, 0.4) is 0 Å². The highest BCUT2D eigenvalue weighted by Gasteiger charge is 2.06. The molecule has 0 atom stereocenters. The molecule has 17 heavy (non-hydrogen) atoms. The van der Waals surface area contributed by atoms with Crippen LogP contribution in [-0.2, 0) is 11.2 Å². The summed E-state index contributed by atoms with van der Waals surface area (Å²) in [7, 11) is 0. The molecule has 1 aromatic heterocycles. The van der Waals surface area contributed by atoms with E-state index in [0.29, 0.717) is 6.42 Å². The third-order valence-electron chi connectivity index (χ3n) is 2.63. The first kappa shape index (κ1) is 11.7. The molecule has 0 saturated heterocycles. The van der Waals surface area contributed by atoms with Gasteiger partial charge in [0.2, 0.25) is 5.91 Å². The number of nitrogens with one attached hydrogen (secondary N) is 2. The first-order valence-corrected chi connectivity index (χ1v) is 5.92. The van der Waals surface area contributed by atoms with Gasteiger partial charge in [-0.15, -0.1) is 0 Å². The summed E-state index contributed by atoms with van der Waals surface area (Å²) in [5.74, 6) is 0.0756. The first-order valence-electron chi connectivity index (χ1n) is 5.92. The molecule has 3 heteroatoms. The third kappa shape index (κ3) is 2.87. The van der Waals surface area contributed by atoms with Crippen molar-refractivity contribution in [1.29, 1.82) is 0 Å². The Morgan fingerprint density at radius 1 is 1.35 bits per heavy atom. The summed E-state index contributed by atoms with van der Waals surface area (Å²) in [5.41, 5.74) is 3.31. The Bertz CT molecular complexity index is 540. The Balaban J connectivity index is 2.16. The Labute approximate surface area is 101 Å². The fourth-order valence-corrected chi connectivity index (χ4v) is 2.00. The van der Waals surface area contributed by atoms with E-state index < -0.39 is 0 Å². The molecule has 0 unspecified atom stereocenters. The van der Waals surface area contributed by atoms with Crippen LogP contribution >= 0.6 is 0 Å². The zero-order chi connectivity index (χ0) is 12.4. The summed E-state index contributed by atoms with van der Waals surface area (Å²) in [4.78, 5) is 14.9. The summed E-state index contributed by atoms with van der Waals surface area (Å²) in [6.07, 6.45) is 0.443. The van der Waals surface area contributed by atoms with Crippen LogP contribution in [0.2, 0.25) is 0 Å². The number of amides is 1. The van der Waals surface area contributed by atoms with E-state index in [9.17, 15) is 4.79 Å². The zero-order valence-corrected chi connectivity index (χ0v) is 10.5. The molecule has 2 N–H and O–H groups in total. The molecule has 0 aliphatic heterocycles. The van der Waals surface area contributed by atoms with Crippen molar-refractivity contribution < 1.29 is 4.79 Å². The highest BCUT2D eigenvalue weighted by Crippen LogP contribution is 2.17. The number of carbonyl (C=O) groups excluding carboxylic acids is 1. The maximum Gasteiger partial charge on any atom is 0.224 e. The predicted molar refractivity (Wildman–Crippen MR) is 70.0 cm³/mol. The average Bonchev–Trinajstić information content (AvgIpc) is 2.55. The molecule has 3 nitrogen and oxygen atoms in total. The zero-order valence-electron chi connectivity index (χ0n) is 10.5. The predicted octanol–water partition coefficient (Wildman–Crippen LogP) is 2.54. The van der Waals surface area contributed by atoms with Crippen LogP contribution in [0.15, 0.2) is 24.3 Å². The number of benzene rings is 1. The molecule has 1 amide bonds. The van der Waals surface area contributed by atoms with Gasteiger partial charge in [0.25, 0.3) is 0 Å². The van der Waals surface area contributed by atoms with E-state index in [4.69, 9.17) is 0 Å². The van der Waals surface area contributed by atoms with E-state index in [1.54, 1.807) is 0 Å². The fourth-order valence-electron chi connectivity index (χ4n) is 2.00. The molecule has 0 radical (unpaired) electrons. The van der Waals surface area contributed by atoms with E-state index in [0.717, 1.165) is 22.2 Å². The van der Waals surface area contributed by atoms with Crippen LogP contribution in [0.5, 0.6) is 0 Å². The minimum absolute atomic E-state index is 0.0756. The van der Waals surface area contributed by atoms with Crippen LogP contribution in [0.1, 0.15) is 25.1 Å². The summed E-state index contributed by atoms with van der Waals surface area (Å²) in [5, 5.41) is 4.06. The second kappa shape index (κ2) is 4.62. The quantitative estimate of drug-likeness (QED) is 0.836.